The summed E-state index contributed by atoms with van der Waals surface area (Å²) in [6.45, 7) is 3.36. The van der Waals surface area contributed by atoms with Crippen molar-refractivity contribution in [2.24, 2.45) is 0 Å². The Kier molecular flexibility index (Phi) is 28.4. The molecule has 1 rings (SSSR count). The van der Waals surface area contributed by atoms with Crippen molar-refractivity contribution in [1.29, 1.82) is 0 Å². The number of carbonyl (C=O) groups is 1. The van der Waals surface area contributed by atoms with Gasteiger partial charge in [-0.1, -0.05) is 135 Å². The lowest BCUT2D eigenvalue weighted by Gasteiger charge is -2.40. The molecule has 11 nitrogen and oxygen atoms in total. The van der Waals surface area contributed by atoms with Crippen molar-refractivity contribution in [3.8, 4) is 0 Å². The number of ether oxygens (including phenoxy) is 2. The zero-order valence-corrected chi connectivity index (χ0v) is 31.4. The Balaban J connectivity index is 2.56. The van der Waals surface area contributed by atoms with E-state index in [0.29, 0.717) is 12.8 Å². The highest BCUT2D eigenvalue weighted by Gasteiger charge is 2.44. The molecule has 296 valence electrons. The van der Waals surface area contributed by atoms with Crippen molar-refractivity contribution in [2.75, 3.05) is 13.2 Å². The molecule has 0 radical (unpaired) electrons. The van der Waals surface area contributed by atoms with Crippen molar-refractivity contribution in [3.05, 3.63) is 12.2 Å². The Labute approximate surface area is 302 Å². The van der Waals surface area contributed by atoms with Crippen molar-refractivity contribution in [3.63, 3.8) is 0 Å². The molecule has 0 aromatic carbocycles. The van der Waals surface area contributed by atoms with E-state index in [4.69, 9.17) is 9.47 Å². The third-order valence-corrected chi connectivity index (χ3v) is 9.82. The highest BCUT2D eigenvalue weighted by molar-refractivity contribution is 5.80. The maximum atomic E-state index is 13.0. The van der Waals surface area contributed by atoms with Crippen LogP contribution in [0.25, 0.3) is 0 Å². The number of nitrogens with one attached hydrogen (secondary N) is 1. The SMILES string of the molecule is CCCCCCC/C=C/CCCC(O)C(O)C(COC1OC(CO)C(O)C(O)C1O)NC(=O)C(O)CCCCCCCCCCCCCCC. The third-order valence-electron chi connectivity index (χ3n) is 9.82. The Morgan fingerprint density at radius 2 is 1.18 bits per heavy atom. The average Bonchev–Trinajstić information content (AvgIpc) is 3.11. The van der Waals surface area contributed by atoms with E-state index in [1.807, 2.05) is 0 Å². The predicted molar refractivity (Wildman–Crippen MR) is 196 cm³/mol. The summed E-state index contributed by atoms with van der Waals surface area (Å²) in [5.74, 6) is -0.709. The molecule has 0 aromatic rings. The largest absolute Gasteiger partial charge is 0.394 e. The lowest BCUT2D eigenvalue weighted by molar-refractivity contribution is -0.303. The van der Waals surface area contributed by atoms with E-state index < -0.39 is 74.2 Å². The monoisotopic (exact) mass is 718 g/mol. The van der Waals surface area contributed by atoms with Gasteiger partial charge in [0.1, 0.15) is 36.6 Å². The van der Waals surface area contributed by atoms with Gasteiger partial charge in [0, 0.05) is 0 Å². The van der Waals surface area contributed by atoms with Gasteiger partial charge >= 0.3 is 0 Å². The van der Waals surface area contributed by atoms with Crippen molar-refractivity contribution in [2.45, 2.75) is 217 Å². The third kappa shape index (κ3) is 20.8. The van der Waals surface area contributed by atoms with E-state index >= 15 is 0 Å². The summed E-state index contributed by atoms with van der Waals surface area (Å²) in [4.78, 5) is 13.0. The maximum absolute atomic E-state index is 13.0. The van der Waals surface area contributed by atoms with Gasteiger partial charge in [0.15, 0.2) is 6.29 Å². The molecule has 9 atom stereocenters. The van der Waals surface area contributed by atoms with Crippen LogP contribution >= 0.6 is 0 Å². The molecule has 9 unspecified atom stereocenters. The van der Waals surface area contributed by atoms with Crippen LogP contribution in [-0.2, 0) is 14.3 Å². The van der Waals surface area contributed by atoms with Crippen LogP contribution in [-0.4, -0.2) is 110 Å². The Morgan fingerprint density at radius 3 is 1.72 bits per heavy atom. The van der Waals surface area contributed by atoms with Crippen LogP contribution in [0.5, 0.6) is 0 Å². The van der Waals surface area contributed by atoms with Crippen LogP contribution in [0.4, 0.5) is 0 Å². The number of hydrogen-bond donors (Lipinski definition) is 8. The highest BCUT2D eigenvalue weighted by atomic mass is 16.7. The van der Waals surface area contributed by atoms with Crippen LogP contribution in [0.1, 0.15) is 162 Å². The summed E-state index contributed by atoms with van der Waals surface area (Å²) in [5, 5.41) is 75.1. The lowest BCUT2D eigenvalue weighted by atomic mass is 9.98. The van der Waals surface area contributed by atoms with Crippen molar-refractivity contribution >= 4 is 5.91 Å². The average molecular weight is 718 g/mol. The molecule has 0 spiro atoms. The molecule has 1 aliphatic rings. The Morgan fingerprint density at radius 1 is 0.680 bits per heavy atom. The van der Waals surface area contributed by atoms with Gasteiger partial charge in [-0.05, 0) is 38.5 Å². The summed E-state index contributed by atoms with van der Waals surface area (Å²) < 4.78 is 11.0. The number of hydrogen-bond acceptors (Lipinski definition) is 10. The predicted octanol–water partition coefficient (Wildman–Crippen LogP) is 4.94. The molecule has 1 amide bonds. The van der Waals surface area contributed by atoms with Crippen molar-refractivity contribution in [1.82, 2.24) is 5.32 Å². The van der Waals surface area contributed by atoms with Gasteiger partial charge in [-0.25, -0.2) is 0 Å². The first-order valence-corrected chi connectivity index (χ1v) is 20.1. The number of aliphatic hydroxyl groups is 7. The fraction of sp³-hybridized carbons (Fsp3) is 0.923. The lowest BCUT2D eigenvalue weighted by Crippen LogP contribution is -2.60. The minimum atomic E-state index is -1.66. The van der Waals surface area contributed by atoms with Gasteiger partial charge in [-0.3, -0.25) is 4.79 Å². The number of allylic oxidation sites excluding steroid dienone is 2. The highest BCUT2D eigenvalue weighted by Crippen LogP contribution is 2.23. The minimum Gasteiger partial charge on any atom is -0.394 e. The van der Waals surface area contributed by atoms with E-state index in [1.54, 1.807) is 0 Å². The zero-order valence-electron chi connectivity index (χ0n) is 31.4. The van der Waals surface area contributed by atoms with Crippen LogP contribution in [0.2, 0.25) is 0 Å². The fourth-order valence-electron chi connectivity index (χ4n) is 6.38. The molecular formula is C39H75NO10. The zero-order chi connectivity index (χ0) is 37.0. The quantitative estimate of drug-likeness (QED) is 0.0350. The van der Waals surface area contributed by atoms with E-state index in [1.165, 1.54) is 83.5 Å². The second kappa shape index (κ2) is 30.3. The van der Waals surface area contributed by atoms with E-state index in [9.17, 15) is 40.5 Å². The second-order valence-electron chi connectivity index (χ2n) is 14.4. The number of amides is 1. The number of unbranched alkanes of at least 4 members (excludes halogenated alkanes) is 18. The summed E-state index contributed by atoms with van der Waals surface area (Å²) in [6, 6.07) is -1.18. The minimum absolute atomic E-state index is 0.257. The van der Waals surface area contributed by atoms with Crippen LogP contribution < -0.4 is 5.32 Å². The van der Waals surface area contributed by atoms with Crippen LogP contribution in [0, 0.1) is 0 Å². The van der Waals surface area contributed by atoms with Crippen molar-refractivity contribution < 1.29 is 50.0 Å². The first kappa shape index (κ1) is 46.9. The van der Waals surface area contributed by atoms with Gasteiger partial charge in [0.2, 0.25) is 5.91 Å². The fourth-order valence-corrected chi connectivity index (χ4v) is 6.38. The van der Waals surface area contributed by atoms with Gasteiger partial charge in [0.25, 0.3) is 0 Å². The first-order valence-electron chi connectivity index (χ1n) is 20.1. The molecule has 1 aliphatic heterocycles. The second-order valence-corrected chi connectivity index (χ2v) is 14.4. The standard InChI is InChI=1S/C39H75NO10/c1-3-5-7-9-11-13-15-16-17-19-21-23-25-27-32(43)38(48)40-30(29-49-39-37(47)36(46)35(45)33(28-41)50-39)34(44)31(42)26-24-22-20-18-14-12-10-8-6-4-2/h18,20,30-37,39,41-47H,3-17,19,21-29H2,1-2H3,(H,40,48)/b20-18+. The Bertz CT molecular complexity index is 831. The molecule has 1 fully saturated rings. The van der Waals surface area contributed by atoms with Crippen LogP contribution in [0.15, 0.2) is 12.2 Å². The number of aliphatic hydroxyl groups excluding tert-OH is 7. The van der Waals surface area contributed by atoms with Gasteiger partial charge < -0.3 is 50.5 Å². The normalized spacial score (nSPS) is 23.6. The first-order chi connectivity index (χ1) is 24.2. The smallest absolute Gasteiger partial charge is 0.249 e. The van der Waals surface area contributed by atoms with E-state index in [2.05, 4.69) is 31.3 Å². The maximum Gasteiger partial charge on any atom is 0.249 e. The molecule has 50 heavy (non-hydrogen) atoms. The topological polar surface area (TPSA) is 189 Å². The van der Waals surface area contributed by atoms with E-state index in [-0.39, 0.29) is 12.8 Å². The van der Waals surface area contributed by atoms with Gasteiger partial charge in [-0.15, -0.1) is 0 Å². The molecule has 0 bridgehead atoms. The molecule has 1 heterocycles. The number of carbonyl (C=O) groups excluding carboxylic acids is 1. The molecule has 8 N–H and O–H groups in total. The molecule has 0 saturated carbocycles. The van der Waals surface area contributed by atoms with Crippen LogP contribution in [0.3, 0.4) is 0 Å². The van der Waals surface area contributed by atoms with E-state index in [0.717, 1.165) is 38.5 Å². The number of rotatable bonds is 32. The molecule has 0 aliphatic carbocycles. The molecular weight excluding hydrogens is 642 g/mol. The molecule has 1 saturated heterocycles. The molecule has 0 aromatic heterocycles. The van der Waals surface area contributed by atoms with Gasteiger partial charge in [0.05, 0.1) is 25.4 Å². The summed E-state index contributed by atoms with van der Waals surface area (Å²) in [5.41, 5.74) is 0. The summed E-state index contributed by atoms with van der Waals surface area (Å²) >= 11 is 0. The molecule has 11 heteroatoms. The van der Waals surface area contributed by atoms with Gasteiger partial charge in [-0.2, -0.15) is 0 Å². The summed E-state index contributed by atoms with van der Waals surface area (Å²) in [7, 11) is 0. The summed E-state index contributed by atoms with van der Waals surface area (Å²) in [6.07, 6.45) is 17.1. The Hall–Kier alpha value is -1.15.